The number of aryl methyl sites for hydroxylation is 1. The summed E-state index contributed by atoms with van der Waals surface area (Å²) in [7, 11) is 0. The lowest BCUT2D eigenvalue weighted by Gasteiger charge is -2.32. The molecule has 27 heavy (non-hydrogen) atoms. The highest BCUT2D eigenvalue weighted by atomic mass is 19.3. The molecule has 2 heterocycles. The number of carbonyl (C=O) groups is 1. The van der Waals surface area contributed by atoms with Gasteiger partial charge in [0.05, 0.1) is 6.04 Å². The first-order valence-electron chi connectivity index (χ1n) is 8.23. The number of aromatic amines is 1. The number of hydrogen-bond acceptors (Lipinski definition) is 5. The van der Waals surface area contributed by atoms with Crippen LogP contribution in [-0.4, -0.2) is 22.2 Å². The van der Waals surface area contributed by atoms with Crippen LogP contribution in [0.1, 0.15) is 48.7 Å². The van der Waals surface area contributed by atoms with Crippen LogP contribution in [0, 0.1) is 12.3 Å². The molecule has 1 atom stereocenters. The summed E-state index contributed by atoms with van der Waals surface area (Å²) in [5, 5.41) is 2.82. The van der Waals surface area contributed by atoms with Crippen LogP contribution in [0.25, 0.3) is 0 Å². The molecule has 2 N–H and O–H groups in total. The zero-order chi connectivity index (χ0) is 20.0. The maximum absolute atomic E-state index is 13.3. The first-order valence-corrected chi connectivity index (χ1v) is 8.23. The normalized spacial score (nSPS) is 16.1. The van der Waals surface area contributed by atoms with E-state index in [4.69, 9.17) is 0 Å². The van der Waals surface area contributed by atoms with E-state index in [1.54, 1.807) is 13.0 Å². The second kappa shape index (κ2) is 6.33. The Morgan fingerprint density at radius 3 is 2.52 bits per heavy atom. The number of hydrogen-bond donors (Lipinski definition) is 2. The number of ether oxygens (including phenoxy) is 2. The van der Waals surface area contributed by atoms with Gasteiger partial charge in [-0.05, 0) is 30.0 Å². The van der Waals surface area contributed by atoms with E-state index in [0.717, 1.165) is 6.07 Å². The summed E-state index contributed by atoms with van der Waals surface area (Å²) in [6.07, 6.45) is -3.71. The van der Waals surface area contributed by atoms with Gasteiger partial charge in [-0.2, -0.15) is 0 Å². The summed E-state index contributed by atoms with van der Waals surface area (Å²) >= 11 is 0. The summed E-state index contributed by atoms with van der Waals surface area (Å²) in [6, 6.07) is 4.89. The van der Waals surface area contributed by atoms with Gasteiger partial charge in [-0.25, -0.2) is 4.98 Å². The van der Waals surface area contributed by atoms with E-state index in [9.17, 15) is 18.4 Å². The predicted molar refractivity (Wildman–Crippen MR) is 91.9 cm³/mol. The molecule has 0 radical (unpaired) electrons. The smallest absolute Gasteiger partial charge is 0.395 e. The fourth-order valence-corrected chi connectivity index (χ4v) is 2.85. The van der Waals surface area contributed by atoms with Gasteiger partial charge in [-0.15, -0.1) is 8.78 Å². The summed E-state index contributed by atoms with van der Waals surface area (Å²) in [4.78, 5) is 30.7. The second-order valence-corrected chi connectivity index (χ2v) is 7.36. The summed E-state index contributed by atoms with van der Waals surface area (Å²) in [5.41, 5.74) is -0.386. The van der Waals surface area contributed by atoms with Gasteiger partial charge in [0.1, 0.15) is 11.5 Å². The Labute approximate surface area is 153 Å². The molecule has 0 fully saturated rings. The number of nitrogens with zero attached hydrogens (tertiary/aromatic N) is 1. The Kier molecular flexibility index (Phi) is 4.41. The molecule has 9 heteroatoms. The largest absolute Gasteiger partial charge is 0.586 e. The van der Waals surface area contributed by atoms with Gasteiger partial charge >= 0.3 is 6.29 Å². The van der Waals surface area contributed by atoms with Crippen LogP contribution in [0.3, 0.4) is 0 Å². The Bertz CT molecular complexity index is 950. The molecule has 0 aliphatic carbocycles. The van der Waals surface area contributed by atoms with Crippen molar-refractivity contribution in [3.8, 4) is 11.5 Å². The standard InChI is InChI=1S/C18H19F2N3O4/c1-9-21-11(8-14(24)22-9)16(25)23-15(17(2,3)4)10-5-6-12-13(7-10)27-18(19,20)26-12/h5-8,15H,1-4H3,(H,23,25)(H,21,22,24)/t15-/m0/s1. The fraction of sp³-hybridized carbons (Fsp3) is 0.389. The van der Waals surface area contributed by atoms with Crippen molar-refractivity contribution < 1.29 is 23.0 Å². The van der Waals surface area contributed by atoms with Gasteiger partial charge in [0.25, 0.3) is 11.5 Å². The minimum Gasteiger partial charge on any atom is -0.395 e. The van der Waals surface area contributed by atoms with E-state index in [1.165, 1.54) is 12.1 Å². The van der Waals surface area contributed by atoms with Gasteiger partial charge in [0.15, 0.2) is 11.5 Å². The highest BCUT2D eigenvalue weighted by Crippen LogP contribution is 2.44. The second-order valence-electron chi connectivity index (χ2n) is 7.36. The topological polar surface area (TPSA) is 93.3 Å². The fourth-order valence-electron chi connectivity index (χ4n) is 2.85. The lowest BCUT2D eigenvalue weighted by atomic mass is 9.82. The average molecular weight is 379 g/mol. The molecule has 3 rings (SSSR count). The lowest BCUT2D eigenvalue weighted by Crippen LogP contribution is -2.37. The quantitative estimate of drug-likeness (QED) is 0.855. The number of fused-ring (bicyclic) bond motifs is 1. The van der Waals surface area contributed by atoms with E-state index in [-0.39, 0.29) is 17.2 Å². The Morgan fingerprint density at radius 2 is 1.89 bits per heavy atom. The third kappa shape index (κ3) is 4.07. The number of benzene rings is 1. The maximum atomic E-state index is 13.3. The van der Waals surface area contributed by atoms with Crippen molar-refractivity contribution in [2.24, 2.45) is 5.41 Å². The lowest BCUT2D eigenvalue weighted by molar-refractivity contribution is -0.286. The average Bonchev–Trinajstić information content (AvgIpc) is 2.83. The SMILES string of the molecule is Cc1nc(C(=O)N[C@@H](c2ccc3c(c2)OC(F)(F)O3)C(C)(C)C)cc(=O)[nH]1. The molecule has 0 spiro atoms. The van der Waals surface area contributed by atoms with Crippen molar-refractivity contribution >= 4 is 5.91 Å². The molecule has 1 aliphatic heterocycles. The number of nitrogens with one attached hydrogen (secondary N) is 2. The van der Waals surface area contributed by atoms with Crippen LogP contribution >= 0.6 is 0 Å². The number of carbonyl (C=O) groups excluding carboxylic acids is 1. The molecule has 2 aromatic rings. The molecule has 1 aromatic carbocycles. The van der Waals surface area contributed by atoms with E-state index < -0.39 is 29.2 Å². The van der Waals surface area contributed by atoms with Gasteiger partial charge in [0.2, 0.25) is 0 Å². The van der Waals surface area contributed by atoms with Gasteiger partial charge in [-0.1, -0.05) is 26.8 Å². The monoisotopic (exact) mass is 379 g/mol. The molecular formula is C18H19F2N3O4. The molecule has 7 nitrogen and oxygen atoms in total. The molecule has 0 saturated heterocycles. The van der Waals surface area contributed by atoms with Crippen molar-refractivity contribution in [1.82, 2.24) is 15.3 Å². The maximum Gasteiger partial charge on any atom is 0.586 e. The Hall–Kier alpha value is -2.97. The number of halogens is 2. The van der Waals surface area contributed by atoms with E-state index in [0.29, 0.717) is 11.4 Å². The van der Waals surface area contributed by atoms with Crippen LogP contribution in [0.2, 0.25) is 0 Å². The summed E-state index contributed by atoms with van der Waals surface area (Å²) < 4.78 is 35.4. The minimum absolute atomic E-state index is 0.0298. The molecule has 0 saturated carbocycles. The van der Waals surface area contributed by atoms with Gasteiger partial charge < -0.3 is 19.8 Å². The number of rotatable bonds is 3. The zero-order valence-corrected chi connectivity index (χ0v) is 15.2. The van der Waals surface area contributed by atoms with Crippen molar-refractivity contribution in [1.29, 1.82) is 0 Å². The summed E-state index contributed by atoms with van der Waals surface area (Å²) in [5.74, 6) is -0.418. The number of alkyl halides is 2. The molecule has 0 bridgehead atoms. The molecule has 0 unspecified atom stereocenters. The van der Waals surface area contributed by atoms with Gasteiger partial charge in [0, 0.05) is 6.07 Å². The van der Waals surface area contributed by atoms with Crippen LogP contribution < -0.4 is 20.3 Å². The van der Waals surface area contributed by atoms with E-state index in [2.05, 4.69) is 24.8 Å². The van der Waals surface area contributed by atoms with Crippen LogP contribution in [-0.2, 0) is 0 Å². The first kappa shape index (κ1) is 18.8. The summed E-state index contributed by atoms with van der Waals surface area (Å²) in [6.45, 7) is 7.21. The van der Waals surface area contributed by atoms with Crippen LogP contribution in [0.5, 0.6) is 11.5 Å². The molecule has 1 amide bonds. The van der Waals surface area contributed by atoms with Crippen molar-refractivity contribution in [2.75, 3.05) is 0 Å². The van der Waals surface area contributed by atoms with Crippen LogP contribution in [0.15, 0.2) is 29.1 Å². The van der Waals surface area contributed by atoms with E-state index in [1.807, 2.05) is 20.8 Å². The number of H-pyrrole nitrogens is 1. The van der Waals surface area contributed by atoms with E-state index >= 15 is 0 Å². The molecule has 144 valence electrons. The number of aromatic nitrogens is 2. The van der Waals surface area contributed by atoms with Crippen molar-refractivity contribution in [2.45, 2.75) is 40.0 Å². The highest BCUT2D eigenvalue weighted by Gasteiger charge is 2.44. The van der Waals surface area contributed by atoms with Crippen molar-refractivity contribution in [3.05, 3.63) is 51.7 Å². The molecular weight excluding hydrogens is 360 g/mol. The number of amides is 1. The highest BCUT2D eigenvalue weighted by molar-refractivity contribution is 5.92. The zero-order valence-electron chi connectivity index (χ0n) is 15.2. The van der Waals surface area contributed by atoms with Crippen molar-refractivity contribution in [3.63, 3.8) is 0 Å². The Balaban J connectivity index is 1.92. The van der Waals surface area contributed by atoms with Crippen LogP contribution in [0.4, 0.5) is 8.78 Å². The molecule has 1 aromatic heterocycles. The minimum atomic E-state index is -3.71. The molecule has 1 aliphatic rings. The van der Waals surface area contributed by atoms with Gasteiger partial charge in [-0.3, -0.25) is 9.59 Å². The predicted octanol–water partition coefficient (Wildman–Crippen LogP) is 2.92. The Morgan fingerprint density at radius 1 is 1.22 bits per heavy atom. The first-order chi connectivity index (χ1) is 12.4. The third-order valence-electron chi connectivity index (χ3n) is 3.99. The third-order valence-corrected chi connectivity index (χ3v) is 3.99.